The van der Waals surface area contributed by atoms with E-state index in [4.69, 9.17) is 21.1 Å². The smallest absolute Gasteiger partial charge is 0.277 e. The second-order valence-electron chi connectivity index (χ2n) is 5.69. The Kier molecular flexibility index (Phi) is 8.28. The normalized spacial score (nSPS) is 10.9. The van der Waals surface area contributed by atoms with Crippen LogP contribution >= 0.6 is 27.5 Å². The summed E-state index contributed by atoms with van der Waals surface area (Å²) in [5.41, 5.74) is 3.24. The van der Waals surface area contributed by atoms with Crippen LogP contribution in [0.1, 0.15) is 13.3 Å². The molecule has 0 radical (unpaired) electrons. The minimum atomic E-state index is -0.431. The number of methoxy groups -OCH3 is 1. The van der Waals surface area contributed by atoms with Gasteiger partial charge in [0.2, 0.25) is 5.91 Å². The van der Waals surface area contributed by atoms with Crippen LogP contribution in [0.2, 0.25) is 5.02 Å². The molecular weight excluding hydrogens is 450 g/mol. The highest BCUT2D eigenvalue weighted by atomic mass is 79.9. The summed E-state index contributed by atoms with van der Waals surface area (Å²) in [5, 5.41) is 7.08. The summed E-state index contributed by atoms with van der Waals surface area (Å²) in [7, 11) is 1.50. The van der Waals surface area contributed by atoms with Crippen LogP contribution in [-0.2, 0) is 9.59 Å². The van der Waals surface area contributed by atoms with E-state index in [0.717, 1.165) is 4.47 Å². The van der Waals surface area contributed by atoms with Crippen LogP contribution in [0, 0.1) is 0 Å². The molecule has 0 saturated carbocycles. The summed E-state index contributed by atoms with van der Waals surface area (Å²) < 4.78 is 11.4. The van der Waals surface area contributed by atoms with Crippen LogP contribution < -0.4 is 20.2 Å². The Morgan fingerprint density at radius 2 is 1.86 bits per heavy atom. The third-order valence-electron chi connectivity index (χ3n) is 3.41. The molecule has 2 N–H and O–H groups in total. The number of anilines is 1. The topological polar surface area (TPSA) is 89.0 Å². The second kappa shape index (κ2) is 10.7. The number of rotatable bonds is 8. The maximum absolute atomic E-state index is 12.2. The van der Waals surface area contributed by atoms with Crippen LogP contribution in [0.15, 0.2) is 52.0 Å². The summed E-state index contributed by atoms with van der Waals surface area (Å²) >= 11 is 9.26. The lowest BCUT2D eigenvalue weighted by Gasteiger charge is -2.10. The largest absolute Gasteiger partial charge is 0.495 e. The average Bonchev–Trinajstić information content (AvgIpc) is 2.66. The molecule has 0 heterocycles. The fourth-order valence-corrected chi connectivity index (χ4v) is 2.55. The van der Waals surface area contributed by atoms with Gasteiger partial charge in [-0.25, -0.2) is 5.43 Å². The zero-order valence-corrected chi connectivity index (χ0v) is 17.6. The van der Waals surface area contributed by atoms with Gasteiger partial charge in [-0.1, -0.05) is 27.5 Å². The molecule has 0 atom stereocenters. The lowest BCUT2D eigenvalue weighted by Crippen LogP contribution is -2.26. The van der Waals surface area contributed by atoms with Gasteiger partial charge < -0.3 is 14.8 Å². The Hall–Kier alpha value is -2.58. The standard InChI is InChI=1S/C19H19BrClN3O4/c1-12(9-18(25)22-16-10-14(21)5-8-17(16)27-2)23-24-19(26)11-28-15-6-3-13(20)4-7-15/h3-8,10H,9,11H2,1-2H3,(H,22,25)(H,24,26)/b23-12-. The van der Waals surface area contributed by atoms with Crippen molar-refractivity contribution in [3.63, 3.8) is 0 Å². The maximum Gasteiger partial charge on any atom is 0.277 e. The zero-order valence-electron chi connectivity index (χ0n) is 15.3. The van der Waals surface area contributed by atoms with Crippen molar-refractivity contribution >= 4 is 50.7 Å². The van der Waals surface area contributed by atoms with E-state index in [9.17, 15) is 9.59 Å². The second-order valence-corrected chi connectivity index (χ2v) is 7.05. The Bertz CT molecular complexity index is 872. The number of hydrogen-bond donors (Lipinski definition) is 2. The molecule has 0 aliphatic carbocycles. The Balaban J connectivity index is 1.81. The van der Waals surface area contributed by atoms with Crippen molar-refractivity contribution < 1.29 is 19.1 Å². The van der Waals surface area contributed by atoms with Crippen molar-refractivity contribution in [3.05, 3.63) is 52.0 Å². The summed E-state index contributed by atoms with van der Waals surface area (Å²) in [5.74, 6) is 0.306. The van der Waals surface area contributed by atoms with Crippen molar-refractivity contribution in [1.29, 1.82) is 0 Å². The average molecular weight is 469 g/mol. The van der Waals surface area contributed by atoms with E-state index in [-0.39, 0.29) is 18.9 Å². The lowest BCUT2D eigenvalue weighted by molar-refractivity contribution is -0.123. The quantitative estimate of drug-likeness (QED) is 0.452. The van der Waals surface area contributed by atoms with Crippen molar-refractivity contribution in [1.82, 2.24) is 5.43 Å². The van der Waals surface area contributed by atoms with Crippen LogP contribution in [0.25, 0.3) is 0 Å². The van der Waals surface area contributed by atoms with E-state index in [1.807, 2.05) is 12.1 Å². The molecule has 28 heavy (non-hydrogen) atoms. The fraction of sp³-hybridized carbons (Fsp3) is 0.211. The van der Waals surface area contributed by atoms with Gasteiger partial charge in [-0.15, -0.1) is 0 Å². The molecule has 0 aliphatic rings. The van der Waals surface area contributed by atoms with E-state index in [1.165, 1.54) is 7.11 Å². The minimum absolute atomic E-state index is 0.0104. The van der Waals surface area contributed by atoms with E-state index in [1.54, 1.807) is 37.3 Å². The van der Waals surface area contributed by atoms with Gasteiger partial charge in [-0.05, 0) is 49.4 Å². The van der Waals surface area contributed by atoms with Crippen molar-refractivity contribution in [2.75, 3.05) is 19.0 Å². The zero-order chi connectivity index (χ0) is 20.5. The molecule has 148 valence electrons. The highest BCUT2D eigenvalue weighted by molar-refractivity contribution is 9.10. The van der Waals surface area contributed by atoms with Gasteiger partial charge in [-0.3, -0.25) is 9.59 Å². The molecule has 0 unspecified atom stereocenters. The number of benzene rings is 2. The van der Waals surface area contributed by atoms with E-state index in [2.05, 4.69) is 31.8 Å². The Morgan fingerprint density at radius 1 is 1.14 bits per heavy atom. The predicted molar refractivity (Wildman–Crippen MR) is 112 cm³/mol. The van der Waals surface area contributed by atoms with Crippen molar-refractivity contribution in [2.24, 2.45) is 5.10 Å². The number of carbonyl (C=O) groups is 2. The van der Waals surface area contributed by atoms with Crippen LogP contribution in [0.4, 0.5) is 5.69 Å². The van der Waals surface area contributed by atoms with E-state index < -0.39 is 5.91 Å². The number of ether oxygens (including phenoxy) is 2. The number of halogens is 2. The van der Waals surface area contributed by atoms with Gasteiger partial charge >= 0.3 is 0 Å². The first-order valence-corrected chi connectivity index (χ1v) is 9.38. The van der Waals surface area contributed by atoms with Gasteiger partial charge in [0.15, 0.2) is 6.61 Å². The molecule has 9 heteroatoms. The summed E-state index contributed by atoms with van der Waals surface area (Å²) in [6.07, 6.45) is -0.0104. The maximum atomic E-state index is 12.2. The highest BCUT2D eigenvalue weighted by Gasteiger charge is 2.10. The summed E-state index contributed by atoms with van der Waals surface area (Å²) in [4.78, 5) is 24.0. The molecule has 2 aromatic carbocycles. The first kappa shape index (κ1) is 21.7. The van der Waals surface area contributed by atoms with Crippen LogP contribution in [0.3, 0.4) is 0 Å². The van der Waals surface area contributed by atoms with Gasteiger partial charge in [0, 0.05) is 15.2 Å². The molecule has 7 nitrogen and oxygen atoms in total. The number of hydrazone groups is 1. The predicted octanol–water partition coefficient (Wildman–Crippen LogP) is 4.01. The first-order valence-electron chi connectivity index (χ1n) is 8.21. The summed E-state index contributed by atoms with van der Waals surface area (Å²) in [6, 6.07) is 12.0. The lowest BCUT2D eigenvalue weighted by atomic mass is 10.2. The first-order chi connectivity index (χ1) is 13.4. The molecule has 0 bridgehead atoms. The Morgan fingerprint density at radius 3 is 2.54 bits per heavy atom. The fourth-order valence-electron chi connectivity index (χ4n) is 2.11. The van der Waals surface area contributed by atoms with Gasteiger partial charge in [0.25, 0.3) is 5.91 Å². The molecule has 0 aliphatic heterocycles. The van der Waals surface area contributed by atoms with E-state index in [0.29, 0.717) is 27.9 Å². The number of nitrogens with zero attached hydrogens (tertiary/aromatic N) is 1. The third kappa shape index (κ3) is 7.21. The summed E-state index contributed by atoms with van der Waals surface area (Å²) in [6.45, 7) is 1.44. The number of nitrogens with one attached hydrogen (secondary N) is 2. The van der Waals surface area contributed by atoms with Crippen LogP contribution in [-0.4, -0.2) is 31.2 Å². The monoisotopic (exact) mass is 467 g/mol. The Labute approximate surface area is 176 Å². The highest BCUT2D eigenvalue weighted by Crippen LogP contribution is 2.27. The molecule has 2 aromatic rings. The molecule has 0 saturated heterocycles. The van der Waals surface area contributed by atoms with Crippen molar-refractivity contribution in [2.45, 2.75) is 13.3 Å². The molecule has 0 fully saturated rings. The number of amides is 2. The molecule has 2 amide bonds. The number of hydrogen-bond acceptors (Lipinski definition) is 5. The third-order valence-corrected chi connectivity index (χ3v) is 4.17. The van der Waals surface area contributed by atoms with Crippen LogP contribution in [0.5, 0.6) is 11.5 Å². The molecule has 2 rings (SSSR count). The number of carbonyl (C=O) groups excluding carboxylic acids is 2. The SMILES string of the molecule is COc1ccc(Cl)cc1NC(=O)C/C(C)=N\NC(=O)COc1ccc(Br)cc1. The molecule has 0 aromatic heterocycles. The van der Waals surface area contributed by atoms with Gasteiger partial charge in [0.1, 0.15) is 11.5 Å². The van der Waals surface area contributed by atoms with E-state index >= 15 is 0 Å². The van der Waals surface area contributed by atoms with Gasteiger partial charge in [-0.2, -0.15) is 5.10 Å². The van der Waals surface area contributed by atoms with Gasteiger partial charge in [0.05, 0.1) is 19.2 Å². The minimum Gasteiger partial charge on any atom is -0.495 e. The van der Waals surface area contributed by atoms with Crippen molar-refractivity contribution in [3.8, 4) is 11.5 Å². The molecular formula is C19H19BrClN3O4. The molecule has 0 spiro atoms.